The number of aryl methyl sites for hydroxylation is 1. The second-order valence-electron chi connectivity index (χ2n) is 4.55. The zero-order valence-electron chi connectivity index (χ0n) is 11.9. The molecule has 0 aliphatic rings. The van der Waals surface area contributed by atoms with Crippen molar-refractivity contribution in [3.8, 4) is 10.6 Å². The predicted octanol–water partition coefficient (Wildman–Crippen LogP) is 3.50. The van der Waals surface area contributed by atoms with Crippen LogP contribution >= 0.6 is 23.3 Å². The molecule has 3 rings (SSSR count). The number of nitrogens with zero attached hydrogens (tertiary/aromatic N) is 3. The lowest BCUT2D eigenvalue weighted by Crippen LogP contribution is -2.00. The van der Waals surface area contributed by atoms with E-state index in [1.165, 1.54) is 46.2 Å². The number of carboxylic acids is 1. The molecule has 1 aromatic carbocycles. The first-order valence-corrected chi connectivity index (χ1v) is 8.14. The van der Waals surface area contributed by atoms with Gasteiger partial charge in [0.05, 0.1) is 0 Å². The molecular formula is C14H11FN4O2S2. The molecule has 3 aromatic rings. The Labute approximate surface area is 139 Å². The summed E-state index contributed by atoms with van der Waals surface area (Å²) in [6.07, 6.45) is 0. The average Bonchev–Trinajstić information content (AvgIpc) is 3.13. The fraction of sp³-hybridized carbons (Fsp3) is 0.0714. The number of benzene rings is 1. The smallest absolute Gasteiger partial charge is 0.356 e. The first kappa shape index (κ1) is 15.5. The maximum absolute atomic E-state index is 12.9. The first-order chi connectivity index (χ1) is 11.0. The molecule has 0 saturated carbocycles. The van der Waals surface area contributed by atoms with E-state index < -0.39 is 5.97 Å². The van der Waals surface area contributed by atoms with Gasteiger partial charge in [-0.25, -0.2) is 14.2 Å². The van der Waals surface area contributed by atoms with E-state index in [0.717, 1.165) is 15.6 Å². The molecule has 0 spiro atoms. The number of aromatic nitrogens is 3. The Morgan fingerprint density at radius 3 is 2.78 bits per heavy atom. The van der Waals surface area contributed by atoms with Crippen LogP contribution in [0.4, 0.5) is 10.2 Å². The number of nitrogens with one attached hydrogen (secondary N) is 1. The lowest BCUT2D eigenvalue weighted by Gasteiger charge is -2.02. The van der Waals surface area contributed by atoms with Gasteiger partial charge < -0.3 is 9.83 Å². The third-order valence-corrected chi connectivity index (χ3v) is 4.70. The monoisotopic (exact) mass is 350 g/mol. The summed E-state index contributed by atoms with van der Waals surface area (Å²) in [7, 11) is 1.65. The highest BCUT2D eigenvalue weighted by molar-refractivity contribution is 8.00. The van der Waals surface area contributed by atoms with Crippen molar-refractivity contribution >= 4 is 35.1 Å². The molecule has 23 heavy (non-hydrogen) atoms. The topological polar surface area (TPSA) is 80.0 Å². The van der Waals surface area contributed by atoms with Crippen LogP contribution in [0.15, 0.2) is 40.7 Å². The molecule has 2 heterocycles. The Kier molecular flexibility index (Phi) is 4.30. The van der Waals surface area contributed by atoms with Crippen molar-refractivity contribution in [1.82, 2.24) is 14.8 Å². The Morgan fingerprint density at radius 1 is 1.39 bits per heavy atom. The summed E-state index contributed by atoms with van der Waals surface area (Å²) in [6.45, 7) is 0. The molecule has 0 radical (unpaired) electrons. The zero-order chi connectivity index (χ0) is 16.4. The predicted molar refractivity (Wildman–Crippen MR) is 87.2 cm³/mol. The average molecular weight is 350 g/mol. The minimum Gasteiger partial charge on any atom is -0.476 e. The fourth-order valence-electron chi connectivity index (χ4n) is 1.80. The van der Waals surface area contributed by atoms with Gasteiger partial charge in [-0.05, 0) is 24.3 Å². The maximum Gasteiger partial charge on any atom is 0.356 e. The van der Waals surface area contributed by atoms with E-state index in [0.29, 0.717) is 5.82 Å². The van der Waals surface area contributed by atoms with Crippen LogP contribution in [0, 0.1) is 5.82 Å². The van der Waals surface area contributed by atoms with Gasteiger partial charge in [-0.15, -0.1) is 11.3 Å². The van der Waals surface area contributed by atoms with Crippen molar-refractivity contribution in [3.63, 3.8) is 0 Å². The van der Waals surface area contributed by atoms with Crippen LogP contribution in [-0.2, 0) is 7.05 Å². The van der Waals surface area contributed by atoms with Crippen LogP contribution in [-0.4, -0.2) is 25.8 Å². The summed E-state index contributed by atoms with van der Waals surface area (Å²) in [6, 6.07) is 7.59. The van der Waals surface area contributed by atoms with Gasteiger partial charge in [0.25, 0.3) is 0 Å². The molecule has 0 amide bonds. The van der Waals surface area contributed by atoms with Crippen LogP contribution in [0.2, 0.25) is 0 Å². The molecule has 0 atom stereocenters. The van der Waals surface area contributed by atoms with E-state index in [9.17, 15) is 9.18 Å². The van der Waals surface area contributed by atoms with Gasteiger partial charge >= 0.3 is 5.97 Å². The van der Waals surface area contributed by atoms with Crippen LogP contribution in [0.5, 0.6) is 0 Å². The number of carboxylic acid groups (broad SMARTS) is 1. The van der Waals surface area contributed by atoms with Crippen molar-refractivity contribution in [2.45, 2.75) is 5.03 Å². The number of hydrogen-bond acceptors (Lipinski definition) is 6. The fourth-order valence-corrected chi connectivity index (χ4v) is 3.42. The van der Waals surface area contributed by atoms with Gasteiger partial charge in [0.15, 0.2) is 5.69 Å². The standard InChI is InChI=1S/C14H11FN4O2S2/c1-19-11(6-10(17-19)14(20)21)18-23-12-7-22-13(16-12)8-2-4-9(15)5-3-8/h2-7,18H,1H3,(H,20,21). The van der Waals surface area contributed by atoms with Gasteiger partial charge in [0.1, 0.15) is 21.7 Å². The van der Waals surface area contributed by atoms with Gasteiger partial charge in [0, 0.05) is 36.0 Å². The van der Waals surface area contributed by atoms with E-state index >= 15 is 0 Å². The number of carbonyl (C=O) groups is 1. The van der Waals surface area contributed by atoms with Gasteiger partial charge in [-0.2, -0.15) is 5.10 Å². The van der Waals surface area contributed by atoms with Crippen molar-refractivity contribution in [2.24, 2.45) is 7.05 Å². The van der Waals surface area contributed by atoms with Crippen LogP contribution in [0.1, 0.15) is 10.5 Å². The zero-order valence-corrected chi connectivity index (χ0v) is 13.5. The normalized spacial score (nSPS) is 10.7. The Hall–Kier alpha value is -2.39. The summed E-state index contributed by atoms with van der Waals surface area (Å²) in [5, 5.41) is 16.2. The van der Waals surface area contributed by atoms with Crippen molar-refractivity contribution in [1.29, 1.82) is 0 Å². The summed E-state index contributed by atoms with van der Waals surface area (Å²) in [5.41, 5.74) is 0.817. The largest absolute Gasteiger partial charge is 0.476 e. The molecular weight excluding hydrogens is 339 g/mol. The molecule has 2 N–H and O–H groups in total. The molecule has 0 saturated heterocycles. The summed E-state index contributed by atoms with van der Waals surface area (Å²) >= 11 is 2.70. The van der Waals surface area contributed by atoms with E-state index in [-0.39, 0.29) is 11.5 Å². The Bertz CT molecular complexity index is 845. The van der Waals surface area contributed by atoms with Crippen LogP contribution in [0.25, 0.3) is 10.6 Å². The molecule has 6 nitrogen and oxygen atoms in total. The minimum atomic E-state index is -1.08. The lowest BCUT2D eigenvalue weighted by molar-refractivity contribution is 0.0689. The number of rotatable bonds is 5. The lowest BCUT2D eigenvalue weighted by atomic mass is 10.2. The van der Waals surface area contributed by atoms with E-state index in [4.69, 9.17) is 5.11 Å². The third-order valence-electron chi connectivity index (χ3n) is 2.93. The number of aromatic carboxylic acids is 1. The van der Waals surface area contributed by atoms with E-state index in [2.05, 4.69) is 14.8 Å². The Balaban J connectivity index is 1.70. The van der Waals surface area contributed by atoms with Crippen molar-refractivity contribution < 1.29 is 14.3 Å². The van der Waals surface area contributed by atoms with E-state index in [1.54, 1.807) is 19.2 Å². The summed E-state index contributed by atoms with van der Waals surface area (Å²) < 4.78 is 17.4. The highest BCUT2D eigenvalue weighted by Gasteiger charge is 2.12. The molecule has 0 fully saturated rings. The minimum absolute atomic E-state index is 0.0270. The number of halogens is 1. The highest BCUT2D eigenvalue weighted by Crippen LogP contribution is 2.29. The highest BCUT2D eigenvalue weighted by atomic mass is 32.2. The molecule has 0 unspecified atom stereocenters. The Morgan fingerprint density at radius 2 is 2.13 bits per heavy atom. The van der Waals surface area contributed by atoms with Crippen molar-refractivity contribution in [3.05, 3.63) is 47.2 Å². The SMILES string of the molecule is Cn1nc(C(=O)O)cc1NSc1csc(-c2ccc(F)cc2)n1. The molecule has 118 valence electrons. The first-order valence-electron chi connectivity index (χ1n) is 6.44. The van der Waals surface area contributed by atoms with Gasteiger partial charge in [-0.3, -0.25) is 4.68 Å². The van der Waals surface area contributed by atoms with Crippen molar-refractivity contribution in [2.75, 3.05) is 4.72 Å². The molecule has 0 aliphatic heterocycles. The maximum atomic E-state index is 12.9. The molecule has 0 aliphatic carbocycles. The van der Waals surface area contributed by atoms with Crippen LogP contribution < -0.4 is 4.72 Å². The quantitative estimate of drug-likeness (QED) is 0.686. The van der Waals surface area contributed by atoms with Gasteiger partial charge in [-0.1, -0.05) is 0 Å². The number of thiazole rings is 1. The number of hydrogen-bond donors (Lipinski definition) is 2. The molecule has 0 bridgehead atoms. The summed E-state index contributed by atoms with van der Waals surface area (Å²) in [4.78, 5) is 15.3. The second kappa shape index (κ2) is 6.39. The van der Waals surface area contributed by atoms with E-state index in [1.807, 2.05) is 5.38 Å². The van der Waals surface area contributed by atoms with Crippen LogP contribution in [0.3, 0.4) is 0 Å². The molecule has 2 aromatic heterocycles. The third kappa shape index (κ3) is 3.51. The van der Waals surface area contributed by atoms with Gasteiger partial charge in [0.2, 0.25) is 0 Å². The summed E-state index contributed by atoms with van der Waals surface area (Å²) in [5.74, 6) is -0.804. The number of anilines is 1. The second-order valence-corrected chi connectivity index (χ2v) is 6.23. The molecule has 9 heteroatoms.